The molecule has 4 nitrogen and oxygen atoms in total. The quantitative estimate of drug-likeness (QED) is 0.540. The van der Waals surface area contributed by atoms with Crippen molar-refractivity contribution in [2.75, 3.05) is 18.0 Å². The van der Waals surface area contributed by atoms with Gasteiger partial charge in [0.2, 0.25) is 5.91 Å². The minimum atomic E-state index is -0.170. The van der Waals surface area contributed by atoms with Gasteiger partial charge in [-0.1, -0.05) is 17.7 Å². The zero-order valence-corrected chi connectivity index (χ0v) is 17.7. The van der Waals surface area contributed by atoms with Crippen molar-refractivity contribution >= 4 is 56.7 Å². The fraction of sp³-hybridized carbons (Fsp3) is 0.190. The molecule has 0 N–H and O–H groups in total. The van der Waals surface area contributed by atoms with E-state index in [9.17, 15) is 9.59 Å². The lowest BCUT2D eigenvalue weighted by atomic mass is 10.0. The summed E-state index contributed by atoms with van der Waals surface area (Å²) in [6, 6.07) is 10.7. The van der Waals surface area contributed by atoms with Gasteiger partial charge in [-0.05, 0) is 55.1 Å². The monoisotopic (exact) mass is 428 g/mol. The van der Waals surface area contributed by atoms with Crippen LogP contribution in [0, 0.1) is 13.8 Å². The molecule has 7 heteroatoms. The third-order valence-electron chi connectivity index (χ3n) is 4.74. The summed E-state index contributed by atoms with van der Waals surface area (Å²) < 4.78 is 0. The number of anilines is 1. The molecule has 1 aromatic carbocycles. The van der Waals surface area contributed by atoms with E-state index in [0.717, 1.165) is 31.6 Å². The van der Waals surface area contributed by atoms with Crippen LogP contribution >= 0.6 is 34.3 Å². The smallest absolute Gasteiger partial charge is 0.249 e. The number of rotatable bonds is 4. The number of thiophene rings is 2. The SMILES string of the molecule is Cc1sc2c(c1C)C(c1cccs1)=NCC(=O)N2CC(=O)c1ccc(Cl)cc1. The molecular formula is C21H17ClN2O2S2. The highest BCUT2D eigenvalue weighted by atomic mass is 35.5. The molecule has 0 saturated carbocycles. The highest BCUT2D eigenvalue weighted by Gasteiger charge is 2.31. The van der Waals surface area contributed by atoms with Crippen molar-refractivity contribution in [3.63, 3.8) is 0 Å². The number of Topliss-reactive ketones (excluding diaryl/α,β-unsaturated/α-hetero) is 1. The average Bonchev–Trinajstić information content (AvgIpc) is 3.28. The van der Waals surface area contributed by atoms with Crippen molar-refractivity contribution in [2.24, 2.45) is 4.99 Å². The fourth-order valence-electron chi connectivity index (χ4n) is 3.15. The minimum Gasteiger partial charge on any atom is -0.294 e. The Morgan fingerprint density at radius 3 is 2.64 bits per heavy atom. The van der Waals surface area contributed by atoms with Crippen molar-refractivity contribution in [1.82, 2.24) is 0 Å². The summed E-state index contributed by atoms with van der Waals surface area (Å²) in [5.74, 6) is -0.296. The number of ketones is 1. The van der Waals surface area contributed by atoms with E-state index in [1.54, 1.807) is 40.5 Å². The molecular weight excluding hydrogens is 412 g/mol. The number of aryl methyl sites for hydroxylation is 1. The first-order valence-electron chi connectivity index (χ1n) is 8.73. The summed E-state index contributed by atoms with van der Waals surface area (Å²) in [5.41, 5.74) is 3.43. The van der Waals surface area contributed by atoms with Gasteiger partial charge in [-0.15, -0.1) is 22.7 Å². The topological polar surface area (TPSA) is 49.7 Å². The highest BCUT2D eigenvalue weighted by molar-refractivity contribution is 7.17. The summed E-state index contributed by atoms with van der Waals surface area (Å²) in [5, 5.41) is 3.37. The number of hydrogen-bond acceptors (Lipinski definition) is 5. The van der Waals surface area contributed by atoms with Crippen LogP contribution in [0.1, 0.15) is 31.2 Å². The maximum absolute atomic E-state index is 12.9. The standard InChI is InChI=1S/C21H17ClN2O2S2/c1-12-13(2)28-21-19(12)20(17-4-3-9-27-17)23-10-18(26)24(21)11-16(25)14-5-7-15(22)8-6-14/h3-9H,10-11H2,1-2H3. The second-order valence-electron chi connectivity index (χ2n) is 6.52. The molecule has 0 bridgehead atoms. The number of benzene rings is 1. The average molecular weight is 429 g/mol. The van der Waals surface area contributed by atoms with Gasteiger partial charge < -0.3 is 0 Å². The Balaban J connectivity index is 1.75. The molecule has 0 fully saturated rings. The van der Waals surface area contributed by atoms with Gasteiger partial charge in [0.05, 0.1) is 17.1 Å². The summed E-state index contributed by atoms with van der Waals surface area (Å²) >= 11 is 9.05. The van der Waals surface area contributed by atoms with Crippen LogP contribution in [0.4, 0.5) is 5.00 Å². The molecule has 0 atom stereocenters. The first-order chi connectivity index (χ1) is 13.5. The number of amides is 1. The Morgan fingerprint density at radius 2 is 1.96 bits per heavy atom. The second kappa shape index (κ2) is 7.62. The fourth-order valence-corrected chi connectivity index (χ4v) is 5.19. The molecule has 0 saturated heterocycles. The number of hydrogen-bond donors (Lipinski definition) is 0. The Bertz CT molecular complexity index is 1080. The van der Waals surface area contributed by atoms with Crippen LogP contribution in [0.5, 0.6) is 0 Å². The van der Waals surface area contributed by atoms with E-state index in [0.29, 0.717) is 10.6 Å². The molecule has 28 heavy (non-hydrogen) atoms. The summed E-state index contributed by atoms with van der Waals surface area (Å²) in [6.07, 6.45) is 0. The van der Waals surface area contributed by atoms with Crippen LogP contribution in [0.3, 0.4) is 0 Å². The molecule has 1 aliphatic rings. The van der Waals surface area contributed by atoms with Gasteiger partial charge in [-0.2, -0.15) is 0 Å². The lowest BCUT2D eigenvalue weighted by Gasteiger charge is -2.20. The van der Waals surface area contributed by atoms with Crippen LogP contribution in [0.15, 0.2) is 46.8 Å². The predicted octanol–water partition coefficient (Wildman–Crippen LogP) is 5.15. The van der Waals surface area contributed by atoms with Gasteiger partial charge in [-0.25, -0.2) is 0 Å². The first-order valence-corrected chi connectivity index (χ1v) is 10.8. The van der Waals surface area contributed by atoms with Gasteiger partial charge in [0.25, 0.3) is 0 Å². The van der Waals surface area contributed by atoms with Crippen LogP contribution in [0.2, 0.25) is 5.02 Å². The number of nitrogens with zero attached hydrogens (tertiary/aromatic N) is 2. The Kier molecular flexibility index (Phi) is 5.19. The van der Waals surface area contributed by atoms with Gasteiger partial charge in [0, 0.05) is 21.0 Å². The number of aliphatic imine (C=N–C) groups is 1. The molecule has 142 valence electrons. The van der Waals surface area contributed by atoms with E-state index in [1.165, 1.54) is 11.3 Å². The van der Waals surface area contributed by atoms with E-state index >= 15 is 0 Å². The molecule has 1 amide bonds. The number of halogens is 1. The zero-order valence-electron chi connectivity index (χ0n) is 15.4. The largest absolute Gasteiger partial charge is 0.294 e. The molecule has 0 radical (unpaired) electrons. The number of fused-ring (bicyclic) bond motifs is 1. The van der Waals surface area contributed by atoms with E-state index < -0.39 is 0 Å². The van der Waals surface area contributed by atoms with Crippen LogP contribution in [-0.4, -0.2) is 30.5 Å². The van der Waals surface area contributed by atoms with Crippen LogP contribution in [-0.2, 0) is 4.79 Å². The summed E-state index contributed by atoms with van der Waals surface area (Å²) in [4.78, 5) is 34.1. The molecule has 4 rings (SSSR count). The Hall–Kier alpha value is -2.28. The van der Waals surface area contributed by atoms with Gasteiger partial charge in [0.15, 0.2) is 5.78 Å². The lowest BCUT2D eigenvalue weighted by Crippen LogP contribution is -2.36. The van der Waals surface area contributed by atoms with Crippen molar-refractivity contribution in [1.29, 1.82) is 0 Å². The van der Waals surface area contributed by atoms with Crippen LogP contribution in [0.25, 0.3) is 0 Å². The summed E-state index contributed by atoms with van der Waals surface area (Å²) in [6.45, 7) is 4.09. The molecule has 0 spiro atoms. The van der Waals surface area contributed by atoms with Crippen molar-refractivity contribution < 1.29 is 9.59 Å². The van der Waals surface area contributed by atoms with Gasteiger partial charge >= 0.3 is 0 Å². The predicted molar refractivity (Wildman–Crippen MR) is 117 cm³/mol. The Labute approximate surface area is 176 Å². The molecule has 1 aliphatic heterocycles. The maximum Gasteiger partial charge on any atom is 0.249 e. The molecule has 0 aliphatic carbocycles. The highest BCUT2D eigenvalue weighted by Crippen LogP contribution is 2.39. The van der Waals surface area contributed by atoms with E-state index in [4.69, 9.17) is 11.6 Å². The zero-order chi connectivity index (χ0) is 19.8. The lowest BCUT2D eigenvalue weighted by molar-refractivity contribution is -0.117. The first kappa shape index (κ1) is 19.1. The Morgan fingerprint density at radius 1 is 1.21 bits per heavy atom. The molecule has 2 aromatic heterocycles. The number of carbonyl (C=O) groups excluding carboxylic acids is 2. The van der Waals surface area contributed by atoms with Gasteiger partial charge in [-0.3, -0.25) is 19.5 Å². The molecule has 3 aromatic rings. The number of carbonyl (C=O) groups is 2. The molecule has 3 heterocycles. The second-order valence-corrected chi connectivity index (χ2v) is 9.10. The van der Waals surface area contributed by atoms with E-state index in [-0.39, 0.29) is 24.8 Å². The van der Waals surface area contributed by atoms with Crippen molar-refractivity contribution in [3.05, 3.63) is 73.2 Å². The van der Waals surface area contributed by atoms with E-state index in [2.05, 4.69) is 4.99 Å². The van der Waals surface area contributed by atoms with Gasteiger partial charge in [0.1, 0.15) is 11.5 Å². The minimum absolute atomic E-state index is 0.0138. The third-order valence-corrected chi connectivity index (χ3v) is 7.10. The molecule has 0 unspecified atom stereocenters. The third kappa shape index (κ3) is 3.43. The normalized spacial score (nSPS) is 13.9. The summed E-state index contributed by atoms with van der Waals surface area (Å²) in [7, 11) is 0. The van der Waals surface area contributed by atoms with Crippen molar-refractivity contribution in [3.8, 4) is 0 Å². The van der Waals surface area contributed by atoms with E-state index in [1.807, 2.05) is 31.4 Å². The van der Waals surface area contributed by atoms with Crippen LogP contribution < -0.4 is 4.90 Å². The van der Waals surface area contributed by atoms with Crippen molar-refractivity contribution in [2.45, 2.75) is 13.8 Å². The maximum atomic E-state index is 12.9.